The Morgan fingerprint density at radius 1 is 1.28 bits per heavy atom. The third-order valence-corrected chi connectivity index (χ3v) is 10.5. The van der Waals surface area contributed by atoms with Crippen molar-refractivity contribution < 1.29 is 24.5 Å². The Morgan fingerprint density at radius 3 is 2.69 bits per heavy atom. The van der Waals surface area contributed by atoms with Crippen LogP contribution in [0.25, 0.3) is 0 Å². The number of carbonyl (C=O) groups is 1. The lowest BCUT2D eigenvalue weighted by atomic mass is 9.46. The zero-order valence-electron chi connectivity index (χ0n) is 19.5. The lowest BCUT2D eigenvalue weighted by Gasteiger charge is -2.59. The van der Waals surface area contributed by atoms with Gasteiger partial charge in [-0.25, -0.2) is 4.39 Å². The summed E-state index contributed by atoms with van der Waals surface area (Å²) in [6.45, 7) is 6.48. The molecule has 4 aliphatic carbocycles. The Bertz CT molecular complexity index is 885. The summed E-state index contributed by atoms with van der Waals surface area (Å²) in [5.41, 5.74) is -0.814. The molecule has 3 fully saturated rings. The van der Waals surface area contributed by atoms with Crippen molar-refractivity contribution >= 4 is 5.78 Å². The Labute approximate surface area is 190 Å². The SMILES string of the molecule is CC1NCCC1C1=CC2=C(F)C[C@@H]3[C@H]([C@@H](O)C[C@@]4(C)[C@H]3CC[C@]4(O)C(=O)CO)[C@@]2(C)CC1. The quantitative estimate of drug-likeness (QED) is 0.534. The second-order valence-corrected chi connectivity index (χ2v) is 11.8. The highest BCUT2D eigenvalue weighted by Gasteiger charge is 2.68. The average molecular weight is 448 g/mol. The number of nitrogens with one attached hydrogen (secondary N) is 1. The van der Waals surface area contributed by atoms with Crippen molar-refractivity contribution in [2.75, 3.05) is 13.2 Å². The predicted molar refractivity (Wildman–Crippen MR) is 119 cm³/mol. The molecule has 0 aromatic rings. The summed E-state index contributed by atoms with van der Waals surface area (Å²) in [5.74, 6) is -0.448. The molecule has 1 heterocycles. The number of allylic oxidation sites excluding steroid dienone is 3. The average Bonchev–Trinajstić information content (AvgIpc) is 3.28. The van der Waals surface area contributed by atoms with E-state index in [0.717, 1.165) is 31.4 Å². The number of Topliss-reactive ketones (excluding diaryl/α,β-unsaturated/α-hetero) is 1. The van der Waals surface area contributed by atoms with Gasteiger partial charge in [-0.3, -0.25) is 4.79 Å². The van der Waals surface area contributed by atoms with Crippen molar-refractivity contribution in [2.45, 2.75) is 83.5 Å². The molecule has 2 saturated carbocycles. The molecule has 5 aliphatic rings. The fourth-order valence-corrected chi connectivity index (χ4v) is 8.80. The monoisotopic (exact) mass is 447 g/mol. The largest absolute Gasteiger partial charge is 0.393 e. The van der Waals surface area contributed by atoms with E-state index < -0.39 is 34.9 Å². The van der Waals surface area contributed by atoms with Crippen LogP contribution in [0.5, 0.6) is 0 Å². The van der Waals surface area contributed by atoms with Crippen LogP contribution in [0.4, 0.5) is 4.39 Å². The van der Waals surface area contributed by atoms with E-state index in [4.69, 9.17) is 0 Å². The van der Waals surface area contributed by atoms with E-state index in [0.29, 0.717) is 24.8 Å². The molecule has 1 aliphatic heterocycles. The fraction of sp³-hybridized carbons (Fsp3) is 0.808. The van der Waals surface area contributed by atoms with Gasteiger partial charge >= 0.3 is 0 Å². The minimum Gasteiger partial charge on any atom is -0.393 e. The molecule has 2 unspecified atom stereocenters. The molecule has 0 aromatic heterocycles. The molecular formula is C26H38FNO4. The number of rotatable bonds is 3. The van der Waals surface area contributed by atoms with Crippen LogP contribution >= 0.6 is 0 Å². The van der Waals surface area contributed by atoms with Gasteiger partial charge in [0.1, 0.15) is 18.0 Å². The molecule has 0 amide bonds. The van der Waals surface area contributed by atoms with E-state index in [1.807, 2.05) is 6.92 Å². The lowest BCUT2D eigenvalue weighted by Crippen LogP contribution is -2.61. The van der Waals surface area contributed by atoms with Crippen LogP contribution < -0.4 is 5.32 Å². The van der Waals surface area contributed by atoms with E-state index in [1.54, 1.807) is 0 Å². The van der Waals surface area contributed by atoms with E-state index in [-0.39, 0.29) is 36.4 Å². The number of hydrogen-bond donors (Lipinski definition) is 4. The number of ketones is 1. The number of fused-ring (bicyclic) bond motifs is 5. The normalized spacial score (nSPS) is 50.5. The summed E-state index contributed by atoms with van der Waals surface area (Å²) in [7, 11) is 0. The van der Waals surface area contributed by atoms with Gasteiger partial charge in [0, 0.05) is 23.3 Å². The summed E-state index contributed by atoms with van der Waals surface area (Å²) in [6.07, 6.45) is 5.71. The number of carbonyl (C=O) groups excluding carboxylic acids is 1. The maximum atomic E-state index is 15.8. The van der Waals surface area contributed by atoms with Gasteiger partial charge in [-0.15, -0.1) is 0 Å². The minimum atomic E-state index is -1.65. The van der Waals surface area contributed by atoms with Gasteiger partial charge in [0.05, 0.1) is 6.10 Å². The van der Waals surface area contributed by atoms with Gasteiger partial charge in [0.15, 0.2) is 5.78 Å². The second-order valence-electron chi connectivity index (χ2n) is 11.8. The van der Waals surface area contributed by atoms with E-state index in [2.05, 4.69) is 25.2 Å². The van der Waals surface area contributed by atoms with Crippen molar-refractivity contribution in [2.24, 2.45) is 34.5 Å². The van der Waals surface area contributed by atoms with Crippen LogP contribution in [0, 0.1) is 34.5 Å². The smallest absolute Gasteiger partial charge is 0.190 e. The van der Waals surface area contributed by atoms with Crippen LogP contribution in [0.15, 0.2) is 23.0 Å². The van der Waals surface area contributed by atoms with Crippen molar-refractivity contribution in [3.63, 3.8) is 0 Å². The van der Waals surface area contributed by atoms with Crippen molar-refractivity contribution in [1.29, 1.82) is 0 Å². The maximum Gasteiger partial charge on any atom is 0.190 e. The van der Waals surface area contributed by atoms with Crippen LogP contribution in [-0.4, -0.2) is 52.0 Å². The molecule has 178 valence electrons. The first-order valence-corrected chi connectivity index (χ1v) is 12.4. The summed E-state index contributed by atoms with van der Waals surface area (Å²) < 4.78 is 15.8. The first-order valence-electron chi connectivity index (χ1n) is 12.4. The Kier molecular flexibility index (Phi) is 5.29. The van der Waals surface area contributed by atoms with Crippen LogP contribution in [0.3, 0.4) is 0 Å². The number of hydrogen-bond acceptors (Lipinski definition) is 5. The molecule has 5 rings (SSSR count). The van der Waals surface area contributed by atoms with Gasteiger partial charge in [0.25, 0.3) is 0 Å². The van der Waals surface area contributed by atoms with Gasteiger partial charge in [-0.05, 0) is 81.2 Å². The standard InChI is InChI=1S/C26H38FNO4/c1-14-16(6-9-28-14)15-4-7-24(2)19(10-15)20(27)11-17-18-5-8-26(32,22(31)13-29)25(18,3)12-21(30)23(17)24/h10,14,16-18,21,23,28-30,32H,4-9,11-13H2,1-3H3/t14?,16?,17-,18-,21-,23+,24-,25-,26-/m0/s1. The fourth-order valence-electron chi connectivity index (χ4n) is 8.80. The molecule has 9 atom stereocenters. The first kappa shape index (κ1) is 22.7. The highest BCUT2D eigenvalue weighted by Crippen LogP contribution is 2.68. The van der Waals surface area contributed by atoms with Gasteiger partial charge in [-0.2, -0.15) is 0 Å². The van der Waals surface area contributed by atoms with Crippen LogP contribution in [0.2, 0.25) is 0 Å². The number of aliphatic hydroxyl groups is 3. The van der Waals surface area contributed by atoms with Crippen LogP contribution in [0.1, 0.15) is 65.7 Å². The van der Waals surface area contributed by atoms with Crippen molar-refractivity contribution in [3.05, 3.63) is 23.0 Å². The Morgan fingerprint density at radius 2 is 2.03 bits per heavy atom. The van der Waals surface area contributed by atoms with Crippen molar-refractivity contribution in [3.8, 4) is 0 Å². The predicted octanol–water partition coefficient (Wildman–Crippen LogP) is 3.04. The highest BCUT2D eigenvalue weighted by molar-refractivity contribution is 5.89. The number of halogens is 1. The molecule has 4 N–H and O–H groups in total. The summed E-state index contributed by atoms with van der Waals surface area (Å²) in [6, 6.07) is 0.409. The van der Waals surface area contributed by atoms with Gasteiger partial charge in [-0.1, -0.05) is 25.5 Å². The molecule has 0 spiro atoms. The van der Waals surface area contributed by atoms with Gasteiger partial charge in [0.2, 0.25) is 0 Å². The highest BCUT2D eigenvalue weighted by atomic mass is 19.1. The lowest BCUT2D eigenvalue weighted by molar-refractivity contribution is -0.179. The zero-order chi connectivity index (χ0) is 23.1. The summed E-state index contributed by atoms with van der Waals surface area (Å²) >= 11 is 0. The molecular weight excluding hydrogens is 409 g/mol. The molecule has 6 heteroatoms. The molecule has 0 aromatic carbocycles. The van der Waals surface area contributed by atoms with Crippen LogP contribution in [-0.2, 0) is 4.79 Å². The summed E-state index contributed by atoms with van der Waals surface area (Å²) in [4.78, 5) is 12.5. The zero-order valence-corrected chi connectivity index (χ0v) is 19.5. The molecule has 0 bridgehead atoms. The second kappa shape index (κ2) is 7.46. The van der Waals surface area contributed by atoms with E-state index >= 15 is 4.39 Å². The van der Waals surface area contributed by atoms with E-state index in [9.17, 15) is 20.1 Å². The molecule has 1 saturated heterocycles. The third-order valence-electron chi connectivity index (χ3n) is 10.5. The van der Waals surface area contributed by atoms with Gasteiger partial charge < -0.3 is 20.6 Å². The van der Waals surface area contributed by atoms with E-state index in [1.165, 1.54) is 5.57 Å². The summed E-state index contributed by atoms with van der Waals surface area (Å²) in [5, 5.41) is 35.8. The first-order chi connectivity index (χ1) is 15.1. The maximum absolute atomic E-state index is 15.8. The third kappa shape index (κ3) is 2.85. The van der Waals surface area contributed by atoms with Crippen molar-refractivity contribution in [1.82, 2.24) is 5.32 Å². The molecule has 32 heavy (non-hydrogen) atoms. The Balaban J connectivity index is 1.53. The minimum absolute atomic E-state index is 0.0510. The number of aliphatic hydroxyl groups excluding tert-OH is 2. The topological polar surface area (TPSA) is 89.8 Å². The molecule has 0 radical (unpaired) electrons. The molecule has 5 nitrogen and oxygen atoms in total. The Hall–Kier alpha value is -1.08.